The first kappa shape index (κ1) is 18.5. The molecule has 2 aliphatic rings. The van der Waals surface area contributed by atoms with Gasteiger partial charge in [0.25, 0.3) is 0 Å². The van der Waals surface area contributed by atoms with Gasteiger partial charge in [-0.15, -0.1) is 0 Å². The van der Waals surface area contributed by atoms with Gasteiger partial charge in [0.1, 0.15) is 0 Å². The molecule has 0 aliphatic heterocycles. The Morgan fingerprint density at radius 3 is 2.39 bits per heavy atom. The molecule has 0 amide bonds. The summed E-state index contributed by atoms with van der Waals surface area (Å²) in [6.07, 6.45) is 10.6. The number of carbonyl (C=O) groups is 1. The van der Waals surface area contributed by atoms with Crippen molar-refractivity contribution in [2.75, 3.05) is 0 Å². The number of ketones is 1. The van der Waals surface area contributed by atoms with Crippen LogP contribution in [0.5, 0.6) is 0 Å². The molecule has 0 aromatic rings. The summed E-state index contributed by atoms with van der Waals surface area (Å²) >= 11 is 0. The van der Waals surface area contributed by atoms with Gasteiger partial charge in [0.05, 0.1) is 0 Å². The molecule has 0 heterocycles. The van der Waals surface area contributed by atoms with E-state index in [9.17, 15) is 4.79 Å². The minimum Gasteiger partial charge on any atom is -0.290 e. The Morgan fingerprint density at radius 1 is 1.22 bits per heavy atom. The Balaban J connectivity index is 2.47. The average Bonchev–Trinajstić information content (AvgIpc) is 2.45. The standard InChI is InChI=1S/C22H36O/c1-9-16(2)15-19(3,4)22(8)13-10-17-14-18(23)11-12-21(17,7)20(22,5)6/h11-12,14,16H,9-10,13,15H2,1-8H3/t16-,21-,22-/m0/s1. The second kappa shape index (κ2) is 5.60. The lowest BCUT2D eigenvalue weighted by atomic mass is 9.39. The number of hydrogen-bond donors (Lipinski definition) is 0. The van der Waals surface area contributed by atoms with Crippen LogP contribution in [0.25, 0.3) is 0 Å². The van der Waals surface area contributed by atoms with Crippen LogP contribution in [0.1, 0.15) is 81.1 Å². The highest BCUT2D eigenvalue weighted by Crippen LogP contribution is 2.69. The predicted octanol–water partition coefficient (Wildman–Crippen LogP) is 6.35. The maximum Gasteiger partial charge on any atom is 0.178 e. The molecule has 0 radical (unpaired) electrons. The summed E-state index contributed by atoms with van der Waals surface area (Å²) in [4.78, 5) is 11.9. The lowest BCUT2D eigenvalue weighted by molar-refractivity contribution is -0.120. The number of hydrogen-bond acceptors (Lipinski definition) is 1. The van der Waals surface area contributed by atoms with Crippen molar-refractivity contribution >= 4 is 5.78 Å². The molecule has 0 bridgehead atoms. The molecule has 1 nitrogen and oxygen atoms in total. The summed E-state index contributed by atoms with van der Waals surface area (Å²) in [6, 6.07) is 0. The molecule has 2 rings (SSSR count). The van der Waals surface area contributed by atoms with E-state index < -0.39 is 0 Å². The van der Waals surface area contributed by atoms with E-state index in [2.05, 4.69) is 61.5 Å². The Hall–Kier alpha value is -0.850. The van der Waals surface area contributed by atoms with Crippen LogP contribution in [0.15, 0.2) is 23.8 Å². The molecule has 0 spiro atoms. The first-order valence-corrected chi connectivity index (χ1v) is 9.35. The van der Waals surface area contributed by atoms with E-state index >= 15 is 0 Å². The summed E-state index contributed by atoms with van der Waals surface area (Å²) in [7, 11) is 0. The summed E-state index contributed by atoms with van der Waals surface area (Å²) in [5, 5.41) is 0. The minimum absolute atomic E-state index is 0.0133. The summed E-state index contributed by atoms with van der Waals surface area (Å²) in [6.45, 7) is 19.3. The van der Waals surface area contributed by atoms with Crippen LogP contribution in [0, 0.1) is 27.6 Å². The van der Waals surface area contributed by atoms with Gasteiger partial charge >= 0.3 is 0 Å². The maximum atomic E-state index is 11.9. The van der Waals surface area contributed by atoms with Gasteiger partial charge in [-0.05, 0) is 53.6 Å². The van der Waals surface area contributed by atoms with E-state index in [1.54, 1.807) is 6.08 Å². The van der Waals surface area contributed by atoms with E-state index in [1.165, 1.54) is 24.8 Å². The molecular weight excluding hydrogens is 280 g/mol. The van der Waals surface area contributed by atoms with Crippen molar-refractivity contribution in [2.24, 2.45) is 27.6 Å². The third kappa shape index (κ3) is 2.55. The number of fused-ring (bicyclic) bond motifs is 1. The molecule has 0 unspecified atom stereocenters. The molecule has 1 fully saturated rings. The van der Waals surface area contributed by atoms with Crippen LogP contribution in [-0.2, 0) is 4.79 Å². The Labute approximate surface area is 143 Å². The fraction of sp³-hybridized carbons (Fsp3) is 0.773. The highest BCUT2D eigenvalue weighted by molar-refractivity contribution is 6.01. The van der Waals surface area contributed by atoms with Gasteiger partial charge in [-0.1, -0.05) is 73.5 Å². The largest absolute Gasteiger partial charge is 0.290 e. The number of allylic oxidation sites excluding steroid dienone is 4. The SMILES string of the molecule is CC[C@H](C)CC(C)(C)[C@]1(C)CCC2=CC(=O)C=C[C@]2(C)C1(C)C. The Bertz CT molecular complexity index is 548. The first-order valence-electron chi connectivity index (χ1n) is 9.35. The molecular formula is C22H36O. The lowest BCUT2D eigenvalue weighted by Gasteiger charge is -2.65. The van der Waals surface area contributed by atoms with Crippen LogP contribution < -0.4 is 0 Å². The van der Waals surface area contributed by atoms with Gasteiger partial charge in [-0.25, -0.2) is 0 Å². The predicted molar refractivity (Wildman–Crippen MR) is 99.3 cm³/mol. The van der Waals surface area contributed by atoms with Crippen molar-refractivity contribution in [1.82, 2.24) is 0 Å². The minimum atomic E-state index is -0.0133. The van der Waals surface area contributed by atoms with Crippen LogP contribution in [-0.4, -0.2) is 5.78 Å². The first-order chi connectivity index (χ1) is 10.4. The van der Waals surface area contributed by atoms with Crippen molar-refractivity contribution in [3.05, 3.63) is 23.8 Å². The molecule has 2 aliphatic carbocycles. The number of rotatable bonds is 4. The summed E-state index contributed by atoms with van der Waals surface area (Å²) in [5.41, 5.74) is 1.95. The molecule has 0 N–H and O–H groups in total. The molecule has 23 heavy (non-hydrogen) atoms. The van der Waals surface area contributed by atoms with Crippen molar-refractivity contribution < 1.29 is 4.79 Å². The zero-order valence-corrected chi connectivity index (χ0v) is 16.5. The quantitative estimate of drug-likeness (QED) is 0.591. The average molecular weight is 317 g/mol. The van der Waals surface area contributed by atoms with Crippen molar-refractivity contribution in [3.63, 3.8) is 0 Å². The molecule has 1 heteroatoms. The second-order valence-electron chi connectivity index (χ2n) is 9.67. The Morgan fingerprint density at radius 2 is 1.83 bits per heavy atom. The third-order valence-corrected chi connectivity index (χ3v) is 8.19. The topological polar surface area (TPSA) is 17.1 Å². The van der Waals surface area contributed by atoms with E-state index in [0.29, 0.717) is 0 Å². The molecule has 0 aromatic carbocycles. The lowest BCUT2D eigenvalue weighted by Crippen LogP contribution is -2.57. The Kier molecular flexibility index (Phi) is 4.50. The summed E-state index contributed by atoms with van der Waals surface area (Å²) < 4.78 is 0. The van der Waals surface area contributed by atoms with Gasteiger partial charge in [0.15, 0.2) is 5.78 Å². The monoisotopic (exact) mass is 316 g/mol. The van der Waals surface area contributed by atoms with E-state index in [1.807, 2.05) is 6.08 Å². The van der Waals surface area contributed by atoms with Crippen LogP contribution in [0.2, 0.25) is 0 Å². The third-order valence-electron chi connectivity index (χ3n) is 8.19. The number of carbonyl (C=O) groups excluding carboxylic acids is 1. The van der Waals surface area contributed by atoms with Gasteiger partial charge in [-0.2, -0.15) is 0 Å². The zero-order valence-electron chi connectivity index (χ0n) is 16.5. The summed E-state index contributed by atoms with van der Waals surface area (Å²) in [5.74, 6) is 0.918. The highest BCUT2D eigenvalue weighted by atomic mass is 16.1. The second-order valence-corrected chi connectivity index (χ2v) is 9.67. The molecule has 130 valence electrons. The van der Waals surface area contributed by atoms with E-state index in [4.69, 9.17) is 0 Å². The normalized spacial score (nSPS) is 34.8. The van der Waals surface area contributed by atoms with Crippen LogP contribution >= 0.6 is 0 Å². The molecule has 3 atom stereocenters. The van der Waals surface area contributed by atoms with E-state index in [0.717, 1.165) is 12.3 Å². The van der Waals surface area contributed by atoms with Gasteiger partial charge in [-0.3, -0.25) is 4.79 Å². The highest BCUT2D eigenvalue weighted by Gasteiger charge is 2.61. The molecule has 0 aromatic heterocycles. The smallest absolute Gasteiger partial charge is 0.178 e. The fourth-order valence-corrected chi connectivity index (χ4v) is 5.36. The fourth-order valence-electron chi connectivity index (χ4n) is 5.36. The van der Waals surface area contributed by atoms with Crippen LogP contribution in [0.4, 0.5) is 0 Å². The molecule has 1 saturated carbocycles. The van der Waals surface area contributed by atoms with Crippen molar-refractivity contribution in [3.8, 4) is 0 Å². The molecule has 0 saturated heterocycles. The van der Waals surface area contributed by atoms with Gasteiger partial charge in [0, 0.05) is 5.41 Å². The van der Waals surface area contributed by atoms with E-state index in [-0.39, 0.29) is 27.4 Å². The van der Waals surface area contributed by atoms with Gasteiger partial charge in [0.2, 0.25) is 0 Å². The van der Waals surface area contributed by atoms with Crippen molar-refractivity contribution in [1.29, 1.82) is 0 Å². The van der Waals surface area contributed by atoms with Gasteiger partial charge < -0.3 is 0 Å². The van der Waals surface area contributed by atoms with Crippen LogP contribution in [0.3, 0.4) is 0 Å². The van der Waals surface area contributed by atoms with Crippen molar-refractivity contribution in [2.45, 2.75) is 81.1 Å². The maximum absolute atomic E-state index is 11.9. The zero-order chi connectivity index (χ0) is 17.7.